The van der Waals surface area contributed by atoms with Gasteiger partial charge >= 0.3 is 5.97 Å². The molecule has 0 aliphatic heterocycles. The van der Waals surface area contributed by atoms with Crippen LogP contribution in [-0.4, -0.2) is 27.4 Å². The zero-order valence-corrected chi connectivity index (χ0v) is 16.2. The highest BCUT2D eigenvalue weighted by molar-refractivity contribution is 7.92. The van der Waals surface area contributed by atoms with Gasteiger partial charge in [-0.3, -0.25) is 9.52 Å². The SMILES string of the molecule is COC(=O)c1c(C)oc2ccc(NS(=O)(=O)c3ccc(NC(C)=O)cc3)cc12. The second-order valence-electron chi connectivity index (χ2n) is 6.05. The minimum atomic E-state index is -3.87. The van der Waals surface area contributed by atoms with Gasteiger partial charge < -0.3 is 14.5 Å². The number of sulfonamides is 1. The molecule has 1 aromatic heterocycles. The molecule has 0 aliphatic carbocycles. The molecule has 0 aliphatic rings. The van der Waals surface area contributed by atoms with E-state index in [0.29, 0.717) is 22.4 Å². The fourth-order valence-electron chi connectivity index (χ4n) is 2.77. The van der Waals surface area contributed by atoms with E-state index in [-0.39, 0.29) is 22.1 Å². The van der Waals surface area contributed by atoms with E-state index in [9.17, 15) is 18.0 Å². The van der Waals surface area contributed by atoms with Gasteiger partial charge in [-0.2, -0.15) is 0 Å². The molecule has 2 N–H and O–H groups in total. The fourth-order valence-corrected chi connectivity index (χ4v) is 3.82. The van der Waals surface area contributed by atoms with Gasteiger partial charge in [-0.1, -0.05) is 0 Å². The highest BCUT2D eigenvalue weighted by Gasteiger charge is 2.20. The number of benzene rings is 2. The quantitative estimate of drug-likeness (QED) is 0.633. The Morgan fingerprint density at radius 3 is 2.29 bits per heavy atom. The number of ether oxygens (including phenoxy) is 1. The van der Waals surface area contributed by atoms with Crippen molar-refractivity contribution in [3.8, 4) is 0 Å². The van der Waals surface area contributed by atoms with E-state index >= 15 is 0 Å². The number of anilines is 2. The number of fused-ring (bicyclic) bond motifs is 1. The second kappa shape index (κ2) is 7.35. The molecule has 8 nitrogen and oxygen atoms in total. The molecule has 0 bridgehead atoms. The Labute approximate surface area is 161 Å². The molecule has 3 aromatic rings. The van der Waals surface area contributed by atoms with Gasteiger partial charge in [0.15, 0.2) is 0 Å². The molecule has 2 aromatic carbocycles. The number of furan rings is 1. The van der Waals surface area contributed by atoms with Crippen LogP contribution in [0.25, 0.3) is 11.0 Å². The third kappa shape index (κ3) is 3.84. The third-order valence-corrected chi connectivity index (χ3v) is 5.39. The Kier molecular flexibility index (Phi) is 5.10. The van der Waals surface area contributed by atoms with E-state index in [1.807, 2.05) is 0 Å². The smallest absolute Gasteiger partial charge is 0.342 e. The second-order valence-corrected chi connectivity index (χ2v) is 7.73. The average Bonchev–Trinajstić information content (AvgIpc) is 2.96. The topological polar surface area (TPSA) is 115 Å². The number of esters is 1. The van der Waals surface area contributed by atoms with Gasteiger partial charge in [0, 0.05) is 23.7 Å². The lowest BCUT2D eigenvalue weighted by Crippen LogP contribution is -2.13. The first-order valence-corrected chi connectivity index (χ1v) is 9.71. The monoisotopic (exact) mass is 402 g/mol. The van der Waals surface area contributed by atoms with Crippen LogP contribution in [0.2, 0.25) is 0 Å². The maximum absolute atomic E-state index is 12.6. The summed E-state index contributed by atoms with van der Waals surface area (Å²) in [6.45, 7) is 3.00. The Morgan fingerprint density at radius 2 is 1.68 bits per heavy atom. The first kappa shape index (κ1) is 19.4. The number of rotatable bonds is 5. The van der Waals surface area contributed by atoms with Crippen LogP contribution in [0.15, 0.2) is 51.8 Å². The molecule has 0 radical (unpaired) electrons. The molecule has 0 atom stereocenters. The molecule has 1 amide bonds. The molecule has 0 saturated heterocycles. The van der Waals surface area contributed by atoms with Crippen LogP contribution in [-0.2, 0) is 19.6 Å². The summed E-state index contributed by atoms with van der Waals surface area (Å²) in [5.74, 6) is -0.431. The first-order chi connectivity index (χ1) is 13.2. The predicted molar refractivity (Wildman–Crippen MR) is 104 cm³/mol. The van der Waals surface area contributed by atoms with Crippen molar-refractivity contribution in [3.05, 3.63) is 53.8 Å². The largest absolute Gasteiger partial charge is 0.465 e. The summed E-state index contributed by atoms with van der Waals surface area (Å²) in [5.41, 5.74) is 1.45. The van der Waals surface area contributed by atoms with E-state index < -0.39 is 16.0 Å². The molecule has 0 fully saturated rings. The molecule has 1 heterocycles. The zero-order chi connectivity index (χ0) is 20.5. The predicted octanol–water partition coefficient (Wildman–Crippen LogP) is 3.29. The molecule has 3 rings (SSSR count). The van der Waals surface area contributed by atoms with Crippen LogP contribution >= 0.6 is 0 Å². The maximum Gasteiger partial charge on any atom is 0.342 e. The lowest BCUT2D eigenvalue weighted by atomic mass is 10.1. The summed E-state index contributed by atoms with van der Waals surface area (Å²) >= 11 is 0. The molecule has 0 spiro atoms. The molecular formula is C19H18N2O6S. The van der Waals surface area contributed by atoms with Crippen LogP contribution in [0, 0.1) is 6.92 Å². The van der Waals surface area contributed by atoms with Crippen molar-refractivity contribution >= 4 is 44.2 Å². The van der Waals surface area contributed by atoms with Gasteiger partial charge in [0.1, 0.15) is 16.9 Å². The van der Waals surface area contributed by atoms with Crippen molar-refractivity contribution in [3.63, 3.8) is 0 Å². The van der Waals surface area contributed by atoms with Gasteiger partial charge in [-0.25, -0.2) is 13.2 Å². The average molecular weight is 402 g/mol. The van der Waals surface area contributed by atoms with Gasteiger partial charge in [0.25, 0.3) is 10.0 Å². The third-order valence-electron chi connectivity index (χ3n) is 3.99. The van der Waals surface area contributed by atoms with Gasteiger partial charge in [-0.15, -0.1) is 0 Å². The maximum atomic E-state index is 12.6. The van der Waals surface area contributed by atoms with Crippen molar-refractivity contribution in [2.24, 2.45) is 0 Å². The number of nitrogens with one attached hydrogen (secondary N) is 2. The number of carbonyl (C=O) groups is 2. The number of amides is 1. The molecule has 0 unspecified atom stereocenters. The summed E-state index contributed by atoms with van der Waals surface area (Å²) in [6, 6.07) is 10.4. The normalized spacial score (nSPS) is 11.2. The van der Waals surface area contributed by atoms with E-state index in [0.717, 1.165) is 0 Å². The van der Waals surface area contributed by atoms with Crippen molar-refractivity contribution < 1.29 is 27.2 Å². The molecule has 9 heteroatoms. The van der Waals surface area contributed by atoms with E-state index in [1.165, 1.54) is 50.4 Å². The number of aryl methyl sites for hydroxylation is 1. The number of hydrogen-bond donors (Lipinski definition) is 2. The van der Waals surface area contributed by atoms with Crippen LogP contribution in [0.1, 0.15) is 23.0 Å². The number of hydrogen-bond acceptors (Lipinski definition) is 6. The number of methoxy groups -OCH3 is 1. The van der Waals surface area contributed by atoms with Crippen LogP contribution in [0.4, 0.5) is 11.4 Å². The van der Waals surface area contributed by atoms with Crippen molar-refractivity contribution in [2.45, 2.75) is 18.7 Å². The summed E-state index contributed by atoms with van der Waals surface area (Å²) in [5, 5.41) is 3.02. The lowest BCUT2D eigenvalue weighted by molar-refractivity contribution is -0.114. The summed E-state index contributed by atoms with van der Waals surface area (Å²) < 4.78 is 38.0. The summed E-state index contributed by atoms with van der Waals surface area (Å²) in [7, 11) is -2.61. The van der Waals surface area contributed by atoms with Gasteiger partial charge in [-0.05, 0) is 49.4 Å². The minimum absolute atomic E-state index is 0.0262. The Balaban J connectivity index is 1.92. The standard InChI is InChI=1S/C19H18N2O6S/c1-11-18(19(23)26-3)16-10-14(6-9-17(16)27-11)21-28(24,25)15-7-4-13(5-8-15)20-12(2)22/h4-10,21H,1-3H3,(H,20,22). The van der Waals surface area contributed by atoms with E-state index in [2.05, 4.69) is 10.0 Å². The molecular weight excluding hydrogens is 384 g/mol. The molecule has 146 valence electrons. The zero-order valence-electron chi connectivity index (χ0n) is 15.4. The Bertz CT molecular complexity index is 1160. The van der Waals surface area contributed by atoms with Crippen LogP contribution in [0.3, 0.4) is 0 Å². The van der Waals surface area contributed by atoms with Crippen LogP contribution in [0.5, 0.6) is 0 Å². The fraction of sp³-hybridized carbons (Fsp3) is 0.158. The molecule has 0 saturated carbocycles. The molecule has 28 heavy (non-hydrogen) atoms. The highest BCUT2D eigenvalue weighted by Crippen LogP contribution is 2.29. The minimum Gasteiger partial charge on any atom is -0.465 e. The summed E-state index contributed by atoms with van der Waals surface area (Å²) in [4.78, 5) is 23.1. The first-order valence-electron chi connectivity index (χ1n) is 8.23. The lowest BCUT2D eigenvalue weighted by Gasteiger charge is -2.09. The van der Waals surface area contributed by atoms with E-state index in [4.69, 9.17) is 9.15 Å². The Morgan fingerprint density at radius 1 is 1.04 bits per heavy atom. The summed E-state index contributed by atoms with van der Waals surface area (Å²) in [6.07, 6.45) is 0. The Hall–Kier alpha value is -3.33. The van der Waals surface area contributed by atoms with Crippen molar-refractivity contribution in [1.29, 1.82) is 0 Å². The van der Waals surface area contributed by atoms with Crippen LogP contribution < -0.4 is 10.0 Å². The number of carbonyl (C=O) groups excluding carboxylic acids is 2. The van der Waals surface area contributed by atoms with Gasteiger partial charge in [0.05, 0.1) is 12.0 Å². The van der Waals surface area contributed by atoms with E-state index in [1.54, 1.807) is 13.0 Å². The highest BCUT2D eigenvalue weighted by atomic mass is 32.2. The van der Waals surface area contributed by atoms with Crippen molar-refractivity contribution in [1.82, 2.24) is 0 Å². The van der Waals surface area contributed by atoms with Crippen molar-refractivity contribution in [2.75, 3.05) is 17.1 Å². The van der Waals surface area contributed by atoms with Gasteiger partial charge in [0.2, 0.25) is 5.91 Å².